The maximum atomic E-state index is 7.40. The van der Waals surface area contributed by atoms with Gasteiger partial charge in [-0.2, -0.15) is 0 Å². The summed E-state index contributed by atoms with van der Waals surface area (Å²) >= 11 is 0. The van der Waals surface area contributed by atoms with Gasteiger partial charge in [-0.15, -0.1) is 0 Å². The number of hydrogen-bond donors (Lipinski definition) is 2. The minimum absolute atomic E-state index is 0.483. The Morgan fingerprint density at radius 1 is 1.35 bits per heavy atom. The van der Waals surface area contributed by atoms with Crippen LogP contribution in [0.5, 0.6) is 0 Å². The van der Waals surface area contributed by atoms with Crippen molar-refractivity contribution in [2.75, 3.05) is 5.73 Å². The number of rotatable bonds is 2. The zero-order valence-corrected chi connectivity index (χ0v) is 10.8. The van der Waals surface area contributed by atoms with Gasteiger partial charge in [0.05, 0.1) is 0 Å². The van der Waals surface area contributed by atoms with E-state index in [-0.39, 0.29) is 0 Å². The number of nitrogens with zero attached hydrogens (tertiary/aromatic N) is 1. The number of anilines is 1. The van der Waals surface area contributed by atoms with E-state index in [9.17, 15) is 0 Å². The van der Waals surface area contributed by atoms with E-state index < -0.39 is 0 Å². The van der Waals surface area contributed by atoms with Gasteiger partial charge in [-0.25, -0.2) is 0 Å². The Balaban J connectivity index is 2.88. The van der Waals surface area contributed by atoms with Gasteiger partial charge in [-0.3, -0.25) is 0 Å². The van der Waals surface area contributed by atoms with Crippen molar-refractivity contribution in [3.05, 3.63) is 29.0 Å². The molecule has 0 bridgehead atoms. The molecule has 3 heteroatoms. The lowest BCUT2D eigenvalue weighted by Crippen LogP contribution is -2.00. The van der Waals surface area contributed by atoms with Gasteiger partial charge in [0.25, 0.3) is 0 Å². The number of nitrogens with two attached hydrogens (primary N) is 1. The smallest absolute Gasteiger partial charge is 0.0490 e. The van der Waals surface area contributed by atoms with E-state index in [4.69, 9.17) is 11.1 Å². The highest BCUT2D eigenvalue weighted by Crippen LogP contribution is 2.31. The van der Waals surface area contributed by atoms with Crippen LogP contribution in [0.1, 0.15) is 36.6 Å². The molecule has 0 saturated heterocycles. The lowest BCUT2D eigenvalue weighted by molar-refractivity contribution is 0.755. The number of nitrogens with one attached hydrogen (secondary N) is 1. The summed E-state index contributed by atoms with van der Waals surface area (Å²) in [5.74, 6) is 0.483. The third kappa shape index (κ3) is 1.62. The second-order valence-corrected chi connectivity index (χ2v) is 4.86. The van der Waals surface area contributed by atoms with Crippen LogP contribution in [-0.4, -0.2) is 10.8 Å². The number of aromatic nitrogens is 1. The summed E-state index contributed by atoms with van der Waals surface area (Å²) in [6, 6.07) is 4.20. The predicted molar refractivity (Wildman–Crippen MR) is 74.0 cm³/mol. The van der Waals surface area contributed by atoms with Gasteiger partial charge in [0.15, 0.2) is 0 Å². The molecular formula is C14H19N3. The van der Waals surface area contributed by atoms with Crippen molar-refractivity contribution in [1.29, 1.82) is 5.41 Å². The van der Waals surface area contributed by atoms with Crippen LogP contribution in [-0.2, 0) is 7.05 Å². The number of benzene rings is 1. The average molecular weight is 229 g/mol. The molecule has 0 aliphatic heterocycles. The van der Waals surface area contributed by atoms with Crippen molar-refractivity contribution in [3.63, 3.8) is 0 Å². The van der Waals surface area contributed by atoms with E-state index in [1.54, 1.807) is 0 Å². The summed E-state index contributed by atoms with van der Waals surface area (Å²) in [5.41, 5.74) is 11.1. The monoisotopic (exact) mass is 229 g/mol. The van der Waals surface area contributed by atoms with E-state index in [2.05, 4.69) is 31.5 Å². The van der Waals surface area contributed by atoms with Crippen LogP contribution in [0.3, 0.4) is 0 Å². The molecule has 2 rings (SSSR count). The quantitative estimate of drug-likeness (QED) is 0.603. The average Bonchev–Trinajstić information content (AvgIpc) is 2.61. The van der Waals surface area contributed by atoms with Crippen LogP contribution in [0.4, 0.5) is 5.69 Å². The third-order valence-corrected chi connectivity index (χ3v) is 3.48. The molecular weight excluding hydrogens is 210 g/mol. The first-order valence-corrected chi connectivity index (χ1v) is 5.86. The molecule has 3 N–H and O–H groups in total. The molecule has 0 aliphatic carbocycles. The molecule has 0 unspecified atom stereocenters. The molecule has 0 saturated carbocycles. The van der Waals surface area contributed by atoms with Gasteiger partial charge in [-0.05, 0) is 30.5 Å². The fourth-order valence-electron chi connectivity index (χ4n) is 2.37. The Kier molecular flexibility index (Phi) is 2.69. The summed E-state index contributed by atoms with van der Waals surface area (Å²) in [4.78, 5) is 0. The molecule has 0 spiro atoms. The summed E-state index contributed by atoms with van der Waals surface area (Å²) in [5, 5.41) is 8.60. The molecule has 3 nitrogen and oxygen atoms in total. The van der Waals surface area contributed by atoms with Crippen LogP contribution in [0.15, 0.2) is 12.1 Å². The molecule has 0 amide bonds. The minimum Gasteiger partial charge on any atom is -0.398 e. The van der Waals surface area contributed by atoms with Crippen molar-refractivity contribution in [3.8, 4) is 0 Å². The molecule has 0 fully saturated rings. The Morgan fingerprint density at radius 2 is 2.00 bits per heavy atom. The van der Waals surface area contributed by atoms with Crippen LogP contribution in [0.2, 0.25) is 0 Å². The largest absolute Gasteiger partial charge is 0.398 e. The SMILES string of the molecule is Cc1c(N)c(C=N)cc2c1cc(C(C)C)n2C. The van der Waals surface area contributed by atoms with Gasteiger partial charge < -0.3 is 15.7 Å². The Labute approximate surface area is 102 Å². The zero-order chi connectivity index (χ0) is 12.7. The first kappa shape index (κ1) is 11.7. The molecule has 1 aromatic heterocycles. The summed E-state index contributed by atoms with van der Waals surface area (Å²) in [6.45, 7) is 6.39. The molecule has 0 atom stereocenters. The maximum Gasteiger partial charge on any atom is 0.0490 e. The molecule has 0 aliphatic rings. The van der Waals surface area contributed by atoms with Crippen molar-refractivity contribution in [2.45, 2.75) is 26.7 Å². The number of hydrogen-bond acceptors (Lipinski definition) is 2. The second kappa shape index (κ2) is 3.91. The normalized spacial score (nSPS) is 11.4. The molecule has 1 aromatic carbocycles. The Morgan fingerprint density at radius 3 is 2.53 bits per heavy atom. The fourth-order valence-corrected chi connectivity index (χ4v) is 2.37. The number of fused-ring (bicyclic) bond motifs is 1. The van der Waals surface area contributed by atoms with Crippen molar-refractivity contribution >= 4 is 22.8 Å². The first-order chi connectivity index (χ1) is 7.97. The molecule has 17 heavy (non-hydrogen) atoms. The predicted octanol–water partition coefficient (Wildman–Crippen LogP) is 3.19. The van der Waals surface area contributed by atoms with Crippen LogP contribution in [0.25, 0.3) is 10.9 Å². The Bertz CT molecular complexity index is 591. The molecule has 90 valence electrons. The first-order valence-electron chi connectivity index (χ1n) is 5.86. The third-order valence-electron chi connectivity index (χ3n) is 3.48. The lowest BCUT2D eigenvalue weighted by atomic mass is 10.0. The molecule has 2 aromatic rings. The van der Waals surface area contributed by atoms with E-state index >= 15 is 0 Å². The van der Waals surface area contributed by atoms with Gasteiger partial charge in [-0.1, -0.05) is 13.8 Å². The highest BCUT2D eigenvalue weighted by atomic mass is 14.9. The Hall–Kier alpha value is -1.77. The van der Waals surface area contributed by atoms with Gasteiger partial charge in [0.2, 0.25) is 0 Å². The summed E-state index contributed by atoms with van der Waals surface area (Å²) in [6.07, 6.45) is 1.32. The number of aryl methyl sites for hydroxylation is 2. The zero-order valence-electron chi connectivity index (χ0n) is 10.8. The maximum absolute atomic E-state index is 7.40. The highest BCUT2D eigenvalue weighted by Gasteiger charge is 2.13. The van der Waals surface area contributed by atoms with Gasteiger partial charge >= 0.3 is 0 Å². The highest BCUT2D eigenvalue weighted by molar-refractivity contribution is 5.98. The van der Waals surface area contributed by atoms with Gasteiger partial charge in [0.1, 0.15) is 0 Å². The van der Waals surface area contributed by atoms with Crippen LogP contribution < -0.4 is 5.73 Å². The molecule has 1 heterocycles. The van der Waals surface area contributed by atoms with Crippen molar-refractivity contribution in [2.24, 2.45) is 7.05 Å². The second-order valence-electron chi connectivity index (χ2n) is 4.86. The van der Waals surface area contributed by atoms with Crippen molar-refractivity contribution < 1.29 is 0 Å². The van der Waals surface area contributed by atoms with Crippen LogP contribution >= 0.6 is 0 Å². The minimum atomic E-state index is 0.483. The van der Waals surface area contributed by atoms with Crippen molar-refractivity contribution in [1.82, 2.24) is 4.57 Å². The van der Waals surface area contributed by atoms with Gasteiger partial charge in [0, 0.05) is 41.1 Å². The van der Waals surface area contributed by atoms with E-state index in [0.29, 0.717) is 11.6 Å². The van der Waals surface area contributed by atoms with E-state index in [1.807, 2.05) is 13.0 Å². The summed E-state index contributed by atoms with van der Waals surface area (Å²) in [7, 11) is 2.07. The topological polar surface area (TPSA) is 54.8 Å². The lowest BCUT2D eigenvalue weighted by Gasteiger charge is -2.09. The molecule has 0 radical (unpaired) electrons. The van der Waals surface area contributed by atoms with E-state index in [0.717, 1.165) is 16.6 Å². The fraction of sp³-hybridized carbons (Fsp3) is 0.357. The standard InChI is InChI=1S/C14H19N3/c1-8(2)12-6-11-9(3)14(16)10(7-15)5-13(11)17(12)4/h5-8,15H,16H2,1-4H3. The summed E-state index contributed by atoms with van der Waals surface area (Å²) < 4.78 is 2.19. The van der Waals surface area contributed by atoms with E-state index in [1.165, 1.54) is 17.3 Å². The number of nitrogen functional groups attached to an aromatic ring is 1. The van der Waals surface area contributed by atoms with Crippen LogP contribution in [0, 0.1) is 12.3 Å².